The molecule has 1 aromatic carbocycles. The number of hydrogen-bond acceptors (Lipinski definition) is 1. The van der Waals surface area contributed by atoms with Crippen molar-refractivity contribution in [1.29, 1.82) is 0 Å². The molecule has 1 N–H and O–H groups in total. The van der Waals surface area contributed by atoms with Crippen molar-refractivity contribution >= 4 is 39.2 Å². The summed E-state index contributed by atoms with van der Waals surface area (Å²) in [5, 5.41) is 0. The number of aromatic amines is 1. The van der Waals surface area contributed by atoms with Gasteiger partial charge >= 0.3 is 0 Å². The minimum Gasteiger partial charge on any atom is -0.331 e. The monoisotopic (exact) mass is 312 g/mol. The van der Waals surface area contributed by atoms with Gasteiger partial charge in [-0.2, -0.15) is 0 Å². The zero-order valence-electron chi connectivity index (χ0n) is 10.3. The Kier molecular flexibility index (Phi) is 3.73. The Morgan fingerprint density at radius 1 is 1.41 bits per heavy atom. The van der Waals surface area contributed by atoms with E-state index >= 15 is 0 Å². The van der Waals surface area contributed by atoms with Crippen LogP contribution >= 0.6 is 28.1 Å². The molecule has 0 aliphatic rings. The molecule has 17 heavy (non-hydrogen) atoms. The highest BCUT2D eigenvalue weighted by atomic mass is 79.9. The molecule has 2 rings (SSSR count). The molecular formula is C13H17BrN2S. The third-order valence-corrected chi connectivity index (χ3v) is 4.35. The molecule has 92 valence electrons. The molecule has 0 aliphatic heterocycles. The molecule has 0 fully saturated rings. The Morgan fingerprint density at radius 2 is 2.12 bits per heavy atom. The van der Waals surface area contributed by atoms with E-state index < -0.39 is 0 Å². The van der Waals surface area contributed by atoms with E-state index in [1.165, 1.54) is 5.52 Å². The number of H-pyrrole nitrogens is 1. The quantitative estimate of drug-likeness (QED) is 0.785. The summed E-state index contributed by atoms with van der Waals surface area (Å²) in [5.74, 6) is 0.611. The number of nitrogens with one attached hydrogen (secondary N) is 1. The molecule has 2 atom stereocenters. The van der Waals surface area contributed by atoms with Gasteiger partial charge in [-0.1, -0.05) is 36.2 Å². The molecule has 0 spiro atoms. The van der Waals surface area contributed by atoms with Gasteiger partial charge < -0.3 is 9.55 Å². The summed E-state index contributed by atoms with van der Waals surface area (Å²) in [4.78, 5) is 3.27. The lowest BCUT2D eigenvalue weighted by Gasteiger charge is -2.20. The van der Waals surface area contributed by atoms with Crippen LogP contribution in [0.3, 0.4) is 0 Å². The second-order valence-corrected chi connectivity index (χ2v) is 5.89. The number of imidazole rings is 1. The lowest BCUT2D eigenvalue weighted by atomic mass is 10.0. The van der Waals surface area contributed by atoms with Gasteiger partial charge in [-0.05, 0) is 43.3 Å². The molecule has 0 aliphatic carbocycles. The fourth-order valence-corrected chi connectivity index (χ4v) is 2.82. The normalized spacial score (nSPS) is 15.1. The maximum atomic E-state index is 5.43. The van der Waals surface area contributed by atoms with Crippen LogP contribution in [0.5, 0.6) is 0 Å². The van der Waals surface area contributed by atoms with Crippen LogP contribution in [0.25, 0.3) is 11.0 Å². The van der Waals surface area contributed by atoms with Crippen molar-refractivity contribution in [2.24, 2.45) is 5.92 Å². The van der Waals surface area contributed by atoms with E-state index in [1.807, 2.05) is 6.07 Å². The van der Waals surface area contributed by atoms with Crippen molar-refractivity contribution in [2.75, 3.05) is 0 Å². The van der Waals surface area contributed by atoms with Crippen LogP contribution in [0.1, 0.15) is 33.2 Å². The van der Waals surface area contributed by atoms with E-state index in [0.717, 1.165) is 21.2 Å². The maximum Gasteiger partial charge on any atom is 0.178 e. The Hall–Kier alpha value is -0.610. The van der Waals surface area contributed by atoms with Crippen molar-refractivity contribution in [1.82, 2.24) is 9.55 Å². The Bertz CT molecular complexity index is 585. The molecule has 0 saturated heterocycles. The second-order valence-electron chi connectivity index (χ2n) is 4.59. The molecule has 1 aromatic heterocycles. The second kappa shape index (κ2) is 4.94. The van der Waals surface area contributed by atoms with Gasteiger partial charge in [-0.15, -0.1) is 0 Å². The molecule has 0 radical (unpaired) electrons. The van der Waals surface area contributed by atoms with E-state index in [4.69, 9.17) is 12.2 Å². The van der Waals surface area contributed by atoms with Crippen LogP contribution < -0.4 is 0 Å². The standard InChI is InChI=1S/C13H17BrN2S/c1-4-8(2)9(3)16-12-7-10(14)5-6-11(12)15-13(16)17/h5-9H,4H2,1-3H3,(H,15,17). The third kappa shape index (κ3) is 2.33. The summed E-state index contributed by atoms with van der Waals surface area (Å²) in [6.07, 6.45) is 1.16. The van der Waals surface area contributed by atoms with Crippen LogP contribution in [0, 0.1) is 10.7 Å². The summed E-state index contributed by atoms with van der Waals surface area (Å²) in [5.41, 5.74) is 2.28. The van der Waals surface area contributed by atoms with Gasteiger partial charge in [0.15, 0.2) is 4.77 Å². The van der Waals surface area contributed by atoms with Crippen molar-refractivity contribution in [2.45, 2.75) is 33.2 Å². The van der Waals surface area contributed by atoms with Crippen LogP contribution in [-0.2, 0) is 0 Å². The molecule has 4 heteroatoms. The van der Waals surface area contributed by atoms with Gasteiger partial charge in [0.1, 0.15) is 0 Å². The molecule has 0 saturated carbocycles. The largest absolute Gasteiger partial charge is 0.331 e. The molecule has 2 nitrogen and oxygen atoms in total. The Morgan fingerprint density at radius 3 is 2.76 bits per heavy atom. The number of nitrogens with zero attached hydrogens (tertiary/aromatic N) is 1. The van der Waals surface area contributed by atoms with Crippen LogP contribution in [0.4, 0.5) is 0 Å². The van der Waals surface area contributed by atoms with Gasteiger partial charge in [0.05, 0.1) is 11.0 Å². The zero-order chi connectivity index (χ0) is 12.6. The smallest absolute Gasteiger partial charge is 0.178 e. The SMILES string of the molecule is CCC(C)C(C)n1c(=S)[nH]c2ccc(Br)cc21. The van der Waals surface area contributed by atoms with Gasteiger partial charge in [0, 0.05) is 10.5 Å². The molecule has 2 aromatic rings. The van der Waals surface area contributed by atoms with Gasteiger partial charge in [0.2, 0.25) is 0 Å². The average Bonchev–Trinajstić information content (AvgIpc) is 2.62. The lowest BCUT2D eigenvalue weighted by Crippen LogP contribution is -2.13. The predicted molar refractivity (Wildman–Crippen MR) is 79.0 cm³/mol. The molecule has 1 heterocycles. The highest BCUT2D eigenvalue weighted by Crippen LogP contribution is 2.27. The molecule has 0 bridgehead atoms. The van der Waals surface area contributed by atoms with Crippen molar-refractivity contribution in [3.05, 3.63) is 27.4 Å². The zero-order valence-corrected chi connectivity index (χ0v) is 12.7. The lowest BCUT2D eigenvalue weighted by molar-refractivity contribution is 0.374. The van der Waals surface area contributed by atoms with E-state index in [9.17, 15) is 0 Å². The Balaban J connectivity index is 2.63. The maximum absolute atomic E-state index is 5.43. The molecule has 0 amide bonds. The molecular weight excluding hydrogens is 296 g/mol. The summed E-state index contributed by atoms with van der Waals surface area (Å²) < 4.78 is 4.12. The summed E-state index contributed by atoms with van der Waals surface area (Å²) in [6, 6.07) is 6.64. The average molecular weight is 313 g/mol. The first-order chi connectivity index (χ1) is 8.04. The number of hydrogen-bond donors (Lipinski definition) is 1. The first kappa shape index (κ1) is 12.8. The van der Waals surface area contributed by atoms with Crippen LogP contribution in [0.15, 0.2) is 22.7 Å². The summed E-state index contributed by atoms with van der Waals surface area (Å²) in [7, 11) is 0. The van der Waals surface area contributed by atoms with E-state index in [0.29, 0.717) is 12.0 Å². The molecule has 2 unspecified atom stereocenters. The first-order valence-corrected chi connectivity index (χ1v) is 7.14. The highest BCUT2D eigenvalue weighted by molar-refractivity contribution is 9.10. The minimum absolute atomic E-state index is 0.413. The van der Waals surface area contributed by atoms with Crippen LogP contribution in [0.2, 0.25) is 0 Å². The number of halogens is 1. The summed E-state index contributed by atoms with van der Waals surface area (Å²) >= 11 is 8.95. The number of aromatic nitrogens is 2. The topological polar surface area (TPSA) is 20.7 Å². The predicted octanol–water partition coefficient (Wildman–Crippen LogP) is 5.07. The van der Waals surface area contributed by atoms with Gasteiger partial charge in [0.25, 0.3) is 0 Å². The Labute approximate surface area is 115 Å². The van der Waals surface area contributed by atoms with Gasteiger partial charge in [-0.3, -0.25) is 0 Å². The van der Waals surface area contributed by atoms with Crippen molar-refractivity contribution in [3.8, 4) is 0 Å². The van der Waals surface area contributed by atoms with Gasteiger partial charge in [-0.25, -0.2) is 0 Å². The highest BCUT2D eigenvalue weighted by Gasteiger charge is 2.16. The van der Waals surface area contributed by atoms with E-state index in [-0.39, 0.29) is 0 Å². The number of benzene rings is 1. The van der Waals surface area contributed by atoms with E-state index in [2.05, 4.69) is 58.4 Å². The minimum atomic E-state index is 0.413. The number of rotatable bonds is 3. The van der Waals surface area contributed by atoms with Crippen LogP contribution in [-0.4, -0.2) is 9.55 Å². The summed E-state index contributed by atoms with van der Waals surface area (Å²) in [6.45, 7) is 6.72. The first-order valence-electron chi connectivity index (χ1n) is 5.94. The van der Waals surface area contributed by atoms with Crippen molar-refractivity contribution in [3.63, 3.8) is 0 Å². The third-order valence-electron chi connectivity index (χ3n) is 3.55. The van der Waals surface area contributed by atoms with Crippen molar-refractivity contribution < 1.29 is 0 Å². The fraction of sp³-hybridized carbons (Fsp3) is 0.462. The number of fused-ring (bicyclic) bond motifs is 1. The fourth-order valence-electron chi connectivity index (χ4n) is 2.09. The van der Waals surface area contributed by atoms with E-state index in [1.54, 1.807) is 0 Å².